The highest BCUT2D eigenvalue weighted by molar-refractivity contribution is 6.03. The highest BCUT2D eigenvalue weighted by atomic mass is 16.1. The highest BCUT2D eigenvalue weighted by Gasteiger charge is 2.32. The third kappa shape index (κ3) is 1.77. The van der Waals surface area contributed by atoms with E-state index in [-0.39, 0.29) is 5.78 Å². The number of nitrogens with one attached hydrogen (secondary N) is 1. The number of nitriles is 1. The summed E-state index contributed by atoms with van der Waals surface area (Å²) in [4.78, 5) is 26.9. The molecule has 20 heavy (non-hydrogen) atoms. The zero-order chi connectivity index (χ0) is 14.1. The predicted molar refractivity (Wildman–Crippen MR) is 70.1 cm³/mol. The zero-order valence-electron chi connectivity index (χ0n) is 10.4. The Kier molecular flexibility index (Phi) is 2.80. The van der Waals surface area contributed by atoms with Crippen molar-refractivity contribution in [1.29, 1.82) is 5.26 Å². The number of Topliss-reactive ketones (excluding diaryl/α,β-unsaturated/α-hetero) is 1. The van der Waals surface area contributed by atoms with Crippen LogP contribution in [0.4, 0.5) is 5.95 Å². The van der Waals surface area contributed by atoms with E-state index in [1.54, 1.807) is 29.0 Å². The average Bonchev–Trinajstić information content (AvgIpc) is 3.04. The molecule has 1 aromatic heterocycles. The second-order valence-electron chi connectivity index (χ2n) is 4.49. The van der Waals surface area contributed by atoms with E-state index in [1.165, 1.54) is 6.20 Å². The molecule has 3 rings (SSSR count). The van der Waals surface area contributed by atoms with Gasteiger partial charge in [-0.05, 0) is 23.8 Å². The fraction of sp³-hybridized carbons (Fsp3) is 0.143. The van der Waals surface area contributed by atoms with E-state index in [9.17, 15) is 9.59 Å². The first-order chi connectivity index (χ1) is 9.74. The summed E-state index contributed by atoms with van der Waals surface area (Å²) in [5, 5.41) is 11.4. The van der Waals surface area contributed by atoms with E-state index in [2.05, 4.69) is 16.4 Å². The number of ketones is 1. The van der Waals surface area contributed by atoms with Crippen molar-refractivity contribution in [3.63, 3.8) is 0 Å². The topological polar surface area (TPSA) is 87.8 Å². The van der Waals surface area contributed by atoms with Crippen LogP contribution in [0.1, 0.15) is 27.5 Å². The summed E-state index contributed by atoms with van der Waals surface area (Å²) in [6.45, 7) is 0. The second-order valence-corrected chi connectivity index (χ2v) is 4.49. The molecule has 6 nitrogen and oxygen atoms in total. The van der Waals surface area contributed by atoms with E-state index in [1.807, 2.05) is 0 Å². The fourth-order valence-corrected chi connectivity index (χ4v) is 2.51. The van der Waals surface area contributed by atoms with Crippen LogP contribution in [0.5, 0.6) is 0 Å². The Morgan fingerprint density at radius 3 is 3.10 bits per heavy atom. The van der Waals surface area contributed by atoms with Crippen LogP contribution >= 0.6 is 0 Å². The molecule has 0 saturated carbocycles. The van der Waals surface area contributed by atoms with Crippen molar-refractivity contribution in [3.05, 3.63) is 47.3 Å². The van der Waals surface area contributed by atoms with Crippen molar-refractivity contribution in [3.8, 4) is 6.07 Å². The molecule has 0 saturated heterocycles. The lowest BCUT2D eigenvalue weighted by Crippen LogP contribution is -2.17. The van der Waals surface area contributed by atoms with Gasteiger partial charge >= 0.3 is 0 Å². The first-order valence-electron chi connectivity index (χ1n) is 6.05. The van der Waals surface area contributed by atoms with Crippen LogP contribution < -0.4 is 5.32 Å². The van der Waals surface area contributed by atoms with E-state index in [0.717, 1.165) is 5.56 Å². The standard InChI is InChI=1S/C14H10N4O2/c15-7-9-1-2-11-10(5-9)6-12(13(11)20)18-4-3-16-14(18)17-8-19/h1-5,8,12H,6H2,(H,16,17,19). The lowest BCUT2D eigenvalue weighted by molar-refractivity contribution is -0.105. The quantitative estimate of drug-likeness (QED) is 0.848. The molecule has 0 radical (unpaired) electrons. The molecule has 1 aromatic carbocycles. The van der Waals surface area contributed by atoms with Gasteiger partial charge in [0, 0.05) is 24.4 Å². The third-order valence-electron chi connectivity index (χ3n) is 3.41. The number of hydrogen-bond donors (Lipinski definition) is 1. The lowest BCUT2D eigenvalue weighted by Gasteiger charge is -2.12. The number of hydrogen-bond acceptors (Lipinski definition) is 4. The van der Waals surface area contributed by atoms with Crippen LogP contribution in [0.25, 0.3) is 0 Å². The minimum atomic E-state index is -0.427. The van der Waals surface area contributed by atoms with E-state index in [0.29, 0.717) is 29.9 Å². The molecule has 1 heterocycles. The Labute approximate surface area is 114 Å². The van der Waals surface area contributed by atoms with Gasteiger partial charge in [-0.15, -0.1) is 0 Å². The number of nitrogens with zero attached hydrogens (tertiary/aromatic N) is 3. The van der Waals surface area contributed by atoms with Crippen molar-refractivity contribution >= 4 is 18.1 Å². The number of amides is 1. The molecule has 0 fully saturated rings. The molecule has 0 bridgehead atoms. The highest BCUT2D eigenvalue weighted by Crippen LogP contribution is 2.32. The number of benzene rings is 1. The average molecular weight is 266 g/mol. The van der Waals surface area contributed by atoms with Gasteiger partial charge < -0.3 is 4.57 Å². The number of carbonyl (C=O) groups is 2. The maximum atomic E-state index is 12.4. The molecule has 1 aliphatic carbocycles. The Hall–Kier alpha value is -2.94. The first kappa shape index (κ1) is 12.1. The van der Waals surface area contributed by atoms with Gasteiger partial charge in [-0.1, -0.05) is 0 Å². The summed E-state index contributed by atoms with van der Waals surface area (Å²) >= 11 is 0. The largest absolute Gasteiger partial charge is 0.306 e. The Morgan fingerprint density at radius 1 is 1.50 bits per heavy atom. The van der Waals surface area contributed by atoms with Crippen LogP contribution in [0, 0.1) is 11.3 Å². The molecule has 0 aliphatic heterocycles. The minimum Gasteiger partial charge on any atom is -0.306 e. The summed E-state index contributed by atoms with van der Waals surface area (Å²) in [5.74, 6) is 0.308. The molecule has 0 spiro atoms. The molecule has 1 N–H and O–H groups in total. The summed E-state index contributed by atoms with van der Waals surface area (Å²) in [6, 6.07) is 6.69. The van der Waals surface area contributed by atoms with Crippen LogP contribution in [-0.2, 0) is 11.2 Å². The molecule has 1 amide bonds. The molecular formula is C14H10N4O2. The van der Waals surface area contributed by atoms with Gasteiger partial charge in [0.25, 0.3) is 0 Å². The summed E-state index contributed by atoms with van der Waals surface area (Å²) in [7, 11) is 0. The van der Waals surface area contributed by atoms with Crippen LogP contribution in [0.2, 0.25) is 0 Å². The zero-order valence-corrected chi connectivity index (χ0v) is 10.4. The minimum absolute atomic E-state index is 0.0311. The normalized spacial score (nSPS) is 16.6. The molecule has 2 aromatic rings. The lowest BCUT2D eigenvalue weighted by atomic mass is 10.1. The van der Waals surface area contributed by atoms with Crippen molar-refractivity contribution in [2.75, 3.05) is 5.32 Å². The van der Waals surface area contributed by atoms with Crippen LogP contribution in [0.15, 0.2) is 30.6 Å². The van der Waals surface area contributed by atoms with Gasteiger partial charge in [0.1, 0.15) is 6.04 Å². The molecule has 98 valence electrons. The van der Waals surface area contributed by atoms with Gasteiger partial charge in [0.2, 0.25) is 12.4 Å². The number of fused-ring (bicyclic) bond motifs is 1. The van der Waals surface area contributed by atoms with Gasteiger partial charge in [-0.2, -0.15) is 5.26 Å². The van der Waals surface area contributed by atoms with Gasteiger partial charge in [-0.3, -0.25) is 14.9 Å². The predicted octanol–water partition coefficient (Wildman–Crippen LogP) is 1.30. The number of aromatic nitrogens is 2. The number of imidazole rings is 1. The summed E-state index contributed by atoms with van der Waals surface area (Å²) < 4.78 is 1.64. The van der Waals surface area contributed by atoms with Crippen molar-refractivity contribution < 1.29 is 9.59 Å². The SMILES string of the molecule is N#Cc1ccc2c(c1)CC(n1ccnc1NC=O)C2=O. The van der Waals surface area contributed by atoms with Crippen LogP contribution in [0.3, 0.4) is 0 Å². The maximum absolute atomic E-state index is 12.4. The maximum Gasteiger partial charge on any atom is 0.213 e. The first-order valence-corrected chi connectivity index (χ1v) is 6.05. The Bertz CT molecular complexity index is 742. The molecule has 1 atom stereocenters. The smallest absolute Gasteiger partial charge is 0.213 e. The van der Waals surface area contributed by atoms with E-state index < -0.39 is 6.04 Å². The van der Waals surface area contributed by atoms with Crippen molar-refractivity contribution in [2.45, 2.75) is 12.5 Å². The fourth-order valence-electron chi connectivity index (χ4n) is 2.51. The molecule has 6 heteroatoms. The molecular weight excluding hydrogens is 256 g/mol. The molecule has 1 unspecified atom stereocenters. The van der Waals surface area contributed by atoms with Gasteiger partial charge in [-0.25, -0.2) is 4.98 Å². The van der Waals surface area contributed by atoms with Gasteiger partial charge in [0.15, 0.2) is 5.78 Å². The Morgan fingerprint density at radius 2 is 2.35 bits per heavy atom. The van der Waals surface area contributed by atoms with E-state index in [4.69, 9.17) is 5.26 Å². The Balaban J connectivity index is 1.99. The van der Waals surface area contributed by atoms with Crippen molar-refractivity contribution in [1.82, 2.24) is 9.55 Å². The van der Waals surface area contributed by atoms with E-state index >= 15 is 0 Å². The summed E-state index contributed by atoms with van der Waals surface area (Å²) in [6.07, 6.45) is 4.21. The monoisotopic (exact) mass is 266 g/mol. The third-order valence-corrected chi connectivity index (χ3v) is 3.41. The summed E-state index contributed by atoms with van der Waals surface area (Å²) in [5.41, 5.74) is 2.01. The van der Waals surface area contributed by atoms with Crippen molar-refractivity contribution in [2.24, 2.45) is 0 Å². The number of rotatable bonds is 3. The number of carbonyl (C=O) groups excluding carboxylic acids is 2. The second kappa shape index (κ2) is 4.63. The number of anilines is 1. The van der Waals surface area contributed by atoms with Crippen LogP contribution in [-0.4, -0.2) is 21.7 Å². The van der Waals surface area contributed by atoms with Gasteiger partial charge in [0.05, 0.1) is 11.6 Å². The molecule has 1 aliphatic rings.